The van der Waals surface area contributed by atoms with Crippen LogP contribution < -0.4 is 26.8 Å². The monoisotopic (exact) mass is 765 g/mol. The second kappa shape index (κ2) is 16.6. The van der Waals surface area contributed by atoms with Crippen LogP contribution in [0.5, 0.6) is 0 Å². The van der Waals surface area contributed by atoms with Gasteiger partial charge in [0.1, 0.15) is 11.7 Å². The number of carboxylic acids is 1. The number of thiazole rings is 1. The number of anilines is 1. The largest absolute Gasteiger partial charge is 0.724 e. The molecule has 5 rings (SSSR count). The number of nitrogens with one attached hydrogen (secondary N) is 2. The highest BCUT2D eigenvalue weighted by molar-refractivity contribution is 7.80. The molecule has 52 heavy (non-hydrogen) atoms. The molecule has 0 saturated carbocycles. The first-order valence-corrected chi connectivity index (χ1v) is 18.9. The summed E-state index contributed by atoms with van der Waals surface area (Å²) in [5, 5.41) is 21.1. The van der Waals surface area contributed by atoms with Gasteiger partial charge in [0, 0.05) is 37.4 Å². The summed E-state index contributed by atoms with van der Waals surface area (Å²) in [7, 11) is -5.26. The number of nitrogens with zero attached hydrogens (tertiary/aromatic N) is 5. The number of nitrogens with two attached hydrogens (primary N) is 2. The van der Waals surface area contributed by atoms with E-state index in [9.17, 15) is 32.5 Å². The second-order valence-corrected chi connectivity index (χ2v) is 14.9. The van der Waals surface area contributed by atoms with Crippen molar-refractivity contribution < 1.29 is 51.0 Å². The van der Waals surface area contributed by atoms with Gasteiger partial charge in [-0.15, -0.1) is 16.0 Å². The van der Waals surface area contributed by atoms with Gasteiger partial charge in [0.05, 0.1) is 29.9 Å². The molecule has 0 aromatic carbocycles. The van der Waals surface area contributed by atoms with Gasteiger partial charge in [0.25, 0.3) is 11.8 Å². The lowest BCUT2D eigenvalue weighted by Crippen LogP contribution is -2.76. The normalized spacial score (nSPS) is 20.9. The van der Waals surface area contributed by atoms with Gasteiger partial charge < -0.3 is 41.3 Å². The highest BCUT2D eigenvalue weighted by Gasteiger charge is 2.57. The highest BCUT2D eigenvalue weighted by Crippen LogP contribution is 2.33. The first-order valence-electron chi connectivity index (χ1n) is 16.7. The van der Waals surface area contributed by atoms with Gasteiger partial charge in [-0.25, -0.2) is 18.2 Å². The molecule has 2 amide bonds. The Morgan fingerprint density at radius 3 is 2.67 bits per heavy atom. The lowest BCUT2D eigenvalue weighted by Gasteiger charge is -2.51. The summed E-state index contributed by atoms with van der Waals surface area (Å²) in [6.07, 6.45) is 10.6. The zero-order valence-corrected chi connectivity index (χ0v) is 30.3. The quantitative estimate of drug-likeness (QED) is 0.0224. The first kappa shape index (κ1) is 39.0. The maximum Gasteiger partial charge on any atom is 0.347 e. The van der Waals surface area contributed by atoms with E-state index in [0.29, 0.717) is 30.4 Å². The van der Waals surface area contributed by atoms with E-state index in [1.54, 1.807) is 0 Å². The summed E-state index contributed by atoms with van der Waals surface area (Å²) in [6, 6.07) is -1.33. The standard InChI is InChI=1S/C31H43N9O10S2/c1-31(2)26(28(42)40(31)50-52(45,46)47)36-27(41)25(23-18-51-30(33)35-23)37-49-24(29(43)44)5-3-12-48-22-8-6-20(7-9-22)21-16-38(11-4-10-32)39(17-21)15-19-13-34-14-19/h6-8,16-19,22,24,26,34H,3-5,9-15,32H2,1-2H3,(H4-,33,35,36,41,43,44,45,46,47)/b37-25-/t22?,24-,26+/m0/s1. The Balaban J connectivity index is 1.14. The SMILES string of the molecule is CC1(C)[C@H](NC(=O)/C(=N\O[C@@H](CCCOC2C=CC(c3cn(CCCN)[n+](CC4CNC4)c3)=CC2)C(=O)O)c2csc(N)n2)C(=O)N1OS(=O)(=O)[O-]. The molecule has 2 aromatic heterocycles. The molecule has 2 saturated heterocycles. The Kier molecular flexibility index (Phi) is 12.4. The zero-order chi connectivity index (χ0) is 37.6. The average Bonchev–Trinajstić information content (AvgIpc) is 3.69. The number of oxime groups is 1. The number of aromatic nitrogens is 3. The van der Waals surface area contributed by atoms with Gasteiger partial charge in [-0.2, -0.15) is 14.0 Å². The molecule has 0 radical (unpaired) electrons. The maximum absolute atomic E-state index is 13.3. The minimum Gasteiger partial charge on any atom is -0.724 e. The number of hydrogen-bond donors (Lipinski definition) is 5. The molecular weight excluding hydrogens is 723 g/mol. The van der Waals surface area contributed by atoms with Crippen molar-refractivity contribution in [3.63, 3.8) is 0 Å². The van der Waals surface area contributed by atoms with Gasteiger partial charge in [-0.1, -0.05) is 23.4 Å². The lowest BCUT2D eigenvalue weighted by atomic mass is 9.84. The number of hydroxylamine groups is 2. The molecule has 4 heterocycles. The number of hydrogen-bond acceptors (Lipinski definition) is 15. The fourth-order valence-electron chi connectivity index (χ4n) is 5.79. The van der Waals surface area contributed by atoms with Gasteiger partial charge in [-0.3, -0.25) is 9.59 Å². The van der Waals surface area contributed by atoms with Crippen molar-refractivity contribution in [3.8, 4) is 0 Å². The third-order valence-corrected chi connectivity index (χ3v) is 9.80. The summed E-state index contributed by atoms with van der Waals surface area (Å²) in [5.41, 5.74) is 11.7. The van der Waals surface area contributed by atoms with Crippen molar-refractivity contribution in [3.05, 3.63) is 47.3 Å². The van der Waals surface area contributed by atoms with E-state index >= 15 is 0 Å². The minimum absolute atomic E-state index is 0.0125. The summed E-state index contributed by atoms with van der Waals surface area (Å²) in [6.45, 7) is 7.37. The fourth-order valence-corrected chi connectivity index (χ4v) is 6.79. The van der Waals surface area contributed by atoms with Crippen LogP contribution in [-0.2, 0) is 51.7 Å². The summed E-state index contributed by atoms with van der Waals surface area (Å²) < 4.78 is 47.7. The molecule has 1 aliphatic carbocycles. The van der Waals surface area contributed by atoms with Crippen LogP contribution in [0.2, 0.25) is 0 Å². The van der Waals surface area contributed by atoms with Crippen LogP contribution in [0, 0.1) is 5.92 Å². The molecule has 21 heteroatoms. The van der Waals surface area contributed by atoms with Crippen LogP contribution in [0.1, 0.15) is 50.8 Å². The molecule has 2 aromatic rings. The Bertz CT molecular complexity index is 1830. The van der Waals surface area contributed by atoms with Crippen LogP contribution in [0.3, 0.4) is 0 Å². The van der Waals surface area contributed by atoms with Crippen LogP contribution in [0.15, 0.2) is 41.2 Å². The van der Waals surface area contributed by atoms with Crippen LogP contribution in [0.25, 0.3) is 5.57 Å². The van der Waals surface area contributed by atoms with E-state index in [0.717, 1.165) is 55.1 Å². The van der Waals surface area contributed by atoms with E-state index in [4.69, 9.17) is 21.0 Å². The molecule has 2 aliphatic heterocycles. The summed E-state index contributed by atoms with van der Waals surface area (Å²) in [4.78, 5) is 47.1. The first-order chi connectivity index (χ1) is 24.7. The predicted molar refractivity (Wildman–Crippen MR) is 185 cm³/mol. The Labute approximate surface area is 304 Å². The number of carbonyl (C=O) groups is 3. The van der Waals surface area contributed by atoms with E-state index in [2.05, 4.69) is 52.9 Å². The number of aryl methyl sites for hydroxylation is 1. The van der Waals surface area contributed by atoms with Gasteiger partial charge >= 0.3 is 5.97 Å². The fraction of sp³-hybridized carbons (Fsp3) is 0.548. The number of aliphatic carboxylic acids is 1. The number of carboxylic acid groups (broad SMARTS) is 1. The lowest BCUT2D eigenvalue weighted by molar-refractivity contribution is -0.781. The van der Waals surface area contributed by atoms with E-state index in [1.165, 1.54) is 19.2 Å². The van der Waals surface area contributed by atoms with Crippen molar-refractivity contribution in [2.75, 3.05) is 32.0 Å². The number of allylic oxidation sites excluding steroid dienone is 2. The van der Waals surface area contributed by atoms with E-state index < -0.39 is 51.6 Å². The third-order valence-electron chi connectivity index (χ3n) is 8.79. The number of carbonyl (C=O) groups excluding carboxylic acids is 2. The molecule has 3 aliphatic rings. The number of rotatable bonds is 19. The van der Waals surface area contributed by atoms with Crippen LogP contribution >= 0.6 is 11.3 Å². The topological polar surface area (TPSA) is 270 Å². The van der Waals surface area contributed by atoms with Gasteiger partial charge in [-0.05, 0) is 45.2 Å². The predicted octanol–water partition coefficient (Wildman–Crippen LogP) is -0.737. The van der Waals surface area contributed by atoms with Crippen molar-refractivity contribution in [2.45, 2.75) is 76.4 Å². The number of amides is 2. The molecule has 2 fully saturated rings. The molecular formula is C31H43N9O10S2. The summed E-state index contributed by atoms with van der Waals surface area (Å²) in [5.74, 6) is -2.74. The van der Waals surface area contributed by atoms with E-state index in [1.807, 2.05) is 12.2 Å². The molecule has 7 N–H and O–H groups in total. The third kappa shape index (κ3) is 9.59. The number of β-lactam (4-membered cyclic amide) rings is 1. The highest BCUT2D eigenvalue weighted by atomic mass is 32.3. The smallest absolute Gasteiger partial charge is 0.347 e. The van der Waals surface area contributed by atoms with Crippen LogP contribution in [0.4, 0.5) is 5.13 Å². The number of ether oxygens (including phenoxy) is 1. The summed E-state index contributed by atoms with van der Waals surface area (Å²) >= 11 is 0.978. The molecule has 284 valence electrons. The maximum atomic E-state index is 13.3. The Morgan fingerprint density at radius 1 is 1.33 bits per heavy atom. The van der Waals surface area contributed by atoms with Crippen LogP contribution in [-0.4, -0.2) is 106 Å². The molecule has 0 spiro atoms. The minimum atomic E-state index is -5.26. The number of nitrogen functional groups attached to an aromatic ring is 1. The molecule has 3 atom stereocenters. The Hall–Kier alpha value is -4.25. The Morgan fingerprint density at radius 2 is 2.10 bits per heavy atom. The van der Waals surface area contributed by atoms with Gasteiger partial charge in [0.2, 0.25) is 22.7 Å². The van der Waals surface area contributed by atoms with Gasteiger partial charge in [0.15, 0.2) is 17.4 Å². The van der Waals surface area contributed by atoms with Crippen molar-refractivity contribution >= 4 is 55.9 Å². The second-order valence-electron chi connectivity index (χ2n) is 13.1. The molecule has 19 nitrogen and oxygen atoms in total. The molecule has 1 unspecified atom stereocenters. The zero-order valence-electron chi connectivity index (χ0n) is 28.7. The average molecular weight is 766 g/mol. The van der Waals surface area contributed by atoms with Crippen molar-refractivity contribution in [1.29, 1.82) is 0 Å². The van der Waals surface area contributed by atoms with Crippen molar-refractivity contribution in [2.24, 2.45) is 16.8 Å². The molecule has 0 bridgehead atoms. The van der Waals surface area contributed by atoms with E-state index in [-0.39, 0.29) is 30.0 Å². The van der Waals surface area contributed by atoms with Crippen molar-refractivity contribution in [1.82, 2.24) is 25.4 Å².